The molecule has 0 spiro atoms. The highest BCUT2D eigenvalue weighted by atomic mass is 32.2. The average Bonchev–Trinajstić information content (AvgIpc) is 2.98. The monoisotopic (exact) mass is 365 g/mol. The van der Waals surface area contributed by atoms with Crippen molar-refractivity contribution in [2.45, 2.75) is 12.2 Å². The topological polar surface area (TPSA) is 114 Å². The van der Waals surface area contributed by atoms with Crippen molar-refractivity contribution in [1.29, 1.82) is 0 Å². The van der Waals surface area contributed by atoms with Crippen LogP contribution in [0, 0.1) is 5.92 Å². The number of rotatable bonds is 8. The van der Waals surface area contributed by atoms with Gasteiger partial charge in [0.15, 0.2) is 15.6 Å². The summed E-state index contributed by atoms with van der Waals surface area (Å²) in [6.07, 6.45) is 1.35. The molecular formula is C17H19NO6S. The van der Waals surface area contributed by atoms with Crippen LogP contribution in [0.1, 0.15) is 21.9 Å². The predicted octanol–water partition coefficient (Wildman–Crippen LogP) is 1.50. The highest BCUT2D eigenvalue weighted by molar-refractivity contribution is 7.89. The minimum absolute atomic E-state index is 0.0532. The lowest BCUT2D eigenvalue weighted by Crippen LogP contribution is -2.33. The second-order valence-corrected chi connectivity index (χ2v) is 7.91. The number of carboxylic acids is 1. The lowest BCUT2D eigenvalue weighted by Gasteiger charge is -2.13. The smallest absolute Gasteiger partial charge is 0.308 e. The maximum Gasteiger partial charge on any atom is 0.308 e. The van der Waals surface area contributed by atoms with Crippen molar-refractivity contribution in [2.24, 2.45) is 5.92 Å². The van der Waals surface area contributed by atoms with Gasteiger partial charge in [0.25, 0.3) is 5.91 Å². The Hall–Kier alpha value is -2.61. The Bertz CT molecular complexity index is 841. The molecule has 0 fully saturated rings. The van der Waals surface area contributed by atoms with Crippen molar-refractivity contribution < 1.29 is 27.5 Å². The van der Waals surface area contributed by atoms with Gasteiger partial charge in [-0.05, 0) is 24.1 Å². The minimum atomic E-state index is -3.26. The number of aliphatic carboxylic acids is 1. The zero-order chi connectivity index (χ0) is 18.4. The summed E-state index contributed by atoms with van der Waals surface area (Å²) in [7, 11) is -3.26. The molecule has 1 aromatic carbocycles. The number of hydrogen-bond acceptors (Lipinski definition) is 5. The summed E-state index contributed by atoms with van der Waals surface area (Å²) < 4.78 is 27.6. The van der Waals surface area contributed by atoms with Gasteiger partial charge in [0.1, 0.15) is 11.5 Å². The van der Waals surface area contributed by atoms with Crippen molar-refractivity contribution in [3.8, 4) is 0 Å². The van der Waals surface area contributed by atoms with Crippen molar-refractivity contribution in [2.75, 3.05) is 12.8 Å². The van der Waals surface area contributed by atoms with E-state index < -0.39 is 27.6 Å². The van der Waals surface area contributed by atoms with E-state index in [1.807, 2.05) is 30.3 Å². The number of nitrogens with one attached hydrogen (secondary N) is 1. The molecule has 0 aliphatic rings. The Morgan fingerprint density at radius 3 is 2.44 bits per heavy atom. The van der Waals surface area contributed by atoms with Crippen molar-refractivity contribution in [3.63, 3.8) is 0 Å². The summed E-state index contributed by atoms with van der Waals surface area (Å²) in [5.74, 6) is -2.57. The number of amides is 1. The number of sulfone groups is 1. The predicted molar refractivity (Wildman–Crippen MR) is 90.9 cm³/mol. The first-order chi connectivity index (χ1) is 11.7. The average molecular weight is 365 g/mol. The lowest BCUT2D eigenvalue weighted by molar-refractivity contribution is -0.141. The van der Waals surface area contributed by atoms with E-state index in [4.69, 9.17) is 4.42 Å². The van der Waals surface area contributed by atoms with E-state index >= 15 is 0 Å². The Labute approximate surface area is 145 Å². The fraction of sp³-hybridized carbons (Fsp3) is 0.294. The molecule has 1 amide bonds. The van der Waals surface area contributed by atoms with Crippen LogP contribution in [0.25, 0.3) is 0 Å². The van der Waals surface area contributed by atoms with E-state index in [1.165, 1.54) is 12.1 Å². The molecule has 1 atom stereocenters. The quantitative estimate of drug-likeness (QED) is 0.733. The molecule has 134 valence electrons. The normalized spacial score (nSPS) is 12.5. The van der Waals surface area contributed by atoms with Gasteiger partial charge in [-0.3, -0.25) is 9.59 Å². The Morgan fingerprint density at radius 1 is 1.16 bits per heavy atom. The number of benzene rings is 1. The number of furan rings is 1. The first-order valence-corrected chi connectivity index (χ1v) is 9.62. The highest BCUT2D eigenvalue weighted by Gasteiger charge is 2.20. The highest BCUT2D eigenvalue weighted by Crippen LogP contribution is 2.12. The third-order valence-corrected chi connectivity index (χ3v) is 4.28. The second kappa shape index (κ2) is 7.98. The molecular weight excluding hydrogens is 346 g/mol. The molecule has 2 aromatic rings. The number of hydrogen-bond donors (Lipinski definition) is 2. The van der Waals surface area contributed by atoms with Gasteiger partial charge in [0.05, 0.1) is 5.92 Å². The number of carbonyl (C=O) groups is 2. The SMILES string of the molecule is CS(=O)(=O)Cc1ccc(C(=O)NCC(Cc2ccccc2)C(=O)O)o1. The minimum Gasteiger partial charge on any atom is -0.481 e. The van der Waals surface area contributed by atoms with Crippen LogP contribution in [0.5, 0.6) is 0 Å². The van der Waals surface area contributed by atoms with Gasteiger partial charge in [-0.2, -0.15) is 0 Å². The van der Waals surface area contributed by atoms with Crippen molar-refractivity contribution >= 4 is 21.7 Å². The third kappa shape index (κ3) is 6.07. The van der Waals surface area contributed by atoms with Gasteiger partial charge >= 0.3 is 5.97 Å². The van der Waals surface area contributed by atoms with Crippen molar-refractivity contribution in [1.82, 2.24) is 5.32 Å². The zero-order valence-electron chi connectivity index (χ0n) is 13.6. The van der Waals surface area contributed by atoms with E-state index in [2.05, 4.69) is 5.32 Å². The van der Waals surface area contributed by atoms with Crippen LogP contribution >= 0.6 is 0 Å². The largest absolute Gasteiger partial charge is 0.481 e. The Morgan fingerprint density at radius 2 is 1.84 bits per heavy atom. The van der Waals surface area contributed by atoms with E-state index in [-0.39, 0.29) is 30.2 Å². The van der Waals surface area contributed by atoms with Gasteiger partial charge < -0.3 is 14.8 Å². The number of carboxylic acid groups (broad SMARTS) is 1. The van der Waals surface area contributed by atoms with Gasteiger partial charge in [-0.25, -0.2) is 8.42 Å². The van der Waals surface area contributed by atoms with Gasteiger partial charge in [0.2, 0.25) is 0 Å². The molecule has 25 heavy (non-hydrogen) atoms. The third-order valence-electron chi connectivity index (χ3n) is 3.47. The molecule has 2 N–H and O–H groups in total. The molecule has 2 rings (SSSR count). The molecule has 8 heteroatoms. The van der Waals surface area contributed by atoms with Gasteiger partial charge in [-0.1, -0.05) is 30.3 Å². The molecule has 0 bridgehead atoms. The maximum absolute atomic E-state index is 12.1. The second-order valence-electron chi connectivity index (χ2n) is 5.77. The maximum atomic E-state index is 12.1. The molecule has 0 radical (unpaired) electrons. The van der Waals surface area contributed by atoms with Crippen LogP contribution in [0.3, 0.4) is 0 Å². The molecule has 1 heterocycles. The standard InChI is InChI=1S/C17H19NO6S/c1-25(22,23)11-14-7-8-15(24-14)16(19)18-10-13(17(20)21)9-12-5-3-2-4-6-12/h2-8,13H,9-11H2,1H3,(H,18,19)(H,20,21). The van der Waals surface area contributed by atoms with Crippen molar-refractivity contribution in [3.05, 3.63) is 59.5 Å². The van der Waals surface area contributed by atoms with Crippen LogP contribution in [-0.2, 0) is 26.8 Å². The molecule has 7 nitrogen and oxygen atoms in total. The van der Waals surface area contributed by atoms with E-state index in [0.717, 1.165) is 11.8 Å². The molecule has 1 unspecified atom stereocenters. The van der Waals surface area contributed by atoms with Gasteiger partial charge in [-0.15, -0.1) is 0 Å². The molecule has 0 aliphatic carbocycles. The zero-order valence-corrected chi connectivity index (χ0v) is 14.5. The Balaban J connectivity index is 1.96. The van der Waals surface area contributed by atoms with Crippen LogP contribution in [0.15, 0.2) is 46.9 Å². The molecule has 0 saturated carbocycles. The fourth-order valence-corrected chi connectivity index (χ4v) is 2.96. The van der Waals surface area contributed by atoms with Crippen LogP contribution in [-0.4, -0.2) is 38.2 Å². The summed E-state index contributed by atoms with van der Waals surface area (Å²) >= 11 is 0. The van der Waals surface area contributed by atoms with E-state index in [9.17, 15) is 23.1 Å². The van der Waals surface area contributed by atoms with E-state index in [1.54, 1.807) is 0 Å². The first kappa shape index (κ1) is 18.7. The number of carbonyl (C=O) groups excluding carboxylic acids is 1. The summed E-state index contributed by atoms with van der Waals surface area (Å²) in [5, 5.41) is 11.8. The molecule has 0 aliphatic heterocycles. The van der Waals surface area contributed by atoms with Crippen LogP contribution < -0.4 is 5.32 Å². The summed E-state index contributed by atoms with van der Waals surface area (Å²) in [6, 6.07) is 11.9. The molecule has 0 saturated heterocycles. The molecule has 1 aromatic heterocycles. The van der Waals surface area contributed by atoms with Gasteiger partial charge in [0, 0.05) is 12.8 Å². The van der Waals surface area contributed by atoms with Crippen LogP contribution in [0.2, 0.25) is 0 Å². The fourth-order valence-electron chi connectivity index (χ4n) is 2.28. The van der Waals surface area contributed by atoms with E-state index in [0.29, 0.717) is 0 Å². The lowest BCUT2D eigenvalue weighted by atomic mass is 9.99. The summed E-state index contributed by atoms with van der Waals surface area (Å²) in [6.45, 7) is -0.0643. The Kier molecular flexibility index (Phi) is 5.97. The summed E-state index contributed by atoms with van der Waals surface area (Å²) in [5.41, 5.74) is 0.859. The van der Waals surface area contributed by atoms with Crippen LogP contribution in [0.4, 0.5) is 0 Å². The summed E-state index contributed by atoms with van der Waals surface area (Å²) in [4.78, 5) is 23.4. The first-order valence-electron chi connectivity index (χ1n) is 7.56.